The predicted octanol–water partition coefficient (Wildman–Crippen LogP) is 5.76. The molecule has 30 heavy (non-hydrogen) atoms. The molecule has 0 spiro atoms. The third-order valence-electron chi connectivity index (χ3n) is 6.00. The van der Waals surface area contributed by atoms with Gasteiger partial charge in [0.05, 0.1) is 19.4 Å². The van der Waals surface area contributed by atoms with Crippen LogP contribution in [0.3, 0.4) is 0 Å². The first-order valence-electron chi connectivity index (χ1n) is 10.5. The second-order valence-corrected chi connectivity index (χ2v) is 15.4. The third kappa shape index (κ3) is 4.91. The van der Waals surface area contributed by atoms with Crippen molar-refractivity contribution in [3.05, 3.63) is 70.3 Å². The van der Waals surface area contributed by atoms with Crippen molar-refractivity contribution in [3.8, 4) is 11.8 Å². The maximum Gasteiger partial charge on any atom is 0.338 e. The normalized spacial score (nSPS) is 16.1. The van der Waals surface area contributed by atoms with Crippen LogP contribution < -0.4 is 0 Å². The number of carbonyl (C=O) groups excluding carboxylic acids is 2. The second-order valence-electron chi connectivity index (χ2n) is 9.81. The van der Waals surface area contributed by atoms with Crippen LogP contribution in [0.2, 0.25) is 19.6 Å². The SMILES string of the molecule is CC(OC(=O)c1ccc(C#Cc2ccc3c(c2)C(C)(C)CCC3=O)cc1)[Si](C)(C)C. The van der Waals surface area contributed by atoms with E-state index in [2.05, 4.69) is 45.3 Å². The minimum atomic E-state index is -1.53. The Bertz CT molecular complexity index is 1030. The Labute approximate surface area is 180 Å². The smallest absolute Gasteiger partial charge is 0.338 e. The van der Waals surface area contributed by atoms with Gasteiger partial charge in [0.25, 0.3) is 0 Å². The zero-order chi connectivity index (χ0) is 22.1. The number of ketones is 1. The standard InChI is InChI=1S/C26H30O3Si/c1-18(30(4,5)6)29-25(28)21-12-9-19(10-13-21)7-8-20-11-14-22-23(17-20)26(2,3)16-15-24(22)27/h9-14,17-18H,15-16H2,1-6H3. The van der Waals surface area contributed by atoms with Crippen LogP contribution in [-0.2, 0) is 10.2 Å². The highest BCUT2D eigenvalue weighted by Crippen LogP contribution is 2.37. The van der Waals surface area contributed by atoms with Crippen LogP contribution in [0.4, 0.5) is 0 Å². The number of fused-ring (bicyclic) bond motifs is 1. The van der Waals surface area contributed by atoms with E-state index in [0.29, 0.717) is 12.0 Å². The molecule has 0 saturated heterocycles. The molecule has 2 aromatic carbocycles. The van der Waals surface area contributed by atoms with Crippen LogP contribution in [0, 0.1) is 11.8 Å². The van der Waals surface area contributed by atoms with Crippen molar-refractivity contribution in [2.24, 2.45) is 0 Å². The fourth-order valence-corrected chi connectivity index (χ4v) is 3.82. The number of hydrogen-bond acceptors (Lipinski definition) is 3. The Balaban J connectivity index is 1.76. The van der Waals surface area contributed by atoms with Gasteiger partial charge in [0.2, 0.25) is 0 Å². The summed E-state index contributed by atoms with van der Waals surface area (Å²) in [7, 11) is -1.53. The van der Waals surface area contributed by atoms with Gasteiger partial charge in [-0.2, -0.15) is 0 Å². The van der Waals surface area contributed by atoms with Gasteiger partial charge < -0.3 is 4.74 Å². The summed E-state index contributed by atoms with van der Waals surface area (Å²) >= 11 is 0. The Morgan fingerprint density at radius 3 is 2.27 bits per heavy atom. The zero-order valence-corrected chi connectivity index (χ0v) is 19.8. The number of carbonyl (C=O) groups is 2. The molecule has 0 aromatic heterocycles. The van der Waals surface area contributed by atoms with Gasteiger partial charge in [-0.05, 0) is 66.8 Å². The van der Waals surface area contributed by atoms with Crippen molar-refractivity contribution in [2.75, 3.05) is 0 Å². The summed E-state index contributed by atoms with van der Waals surface area (Å²) in [6.07, 6.45) is 1.47. The molecular formula is C26H30O3Si. The molecule has 0 saturated carbocycles. The topological polar surface area (TPSA) is 43.4 Å². The van der Waals surface area contributed by atoms with Crippen molar-refractivity contribution < 1.29 is 14.3 Å². The lowest BCUT2D eigenvalue weighted by molar-refractivity contribution is 0.0455. The molecule has 0 radical (unpaired) electrons. The molecule has 3 nitrogen and oxygen atoms in total. The average molecular weight is 419 g/mol. The van der Waals surface area contributed by atoms with E-state index in [1.807, 2.05) is 37.3 Å². The molecule has 1 unspecified atom stereocenters. The van der Waals surface area contributed by atoms with Crippen LogP contribution in [0.1, 0.15) is 71.0 Å². The van der Waals surface area contributed by atoms with E-state index in [1.165, 1.54) is 0 Å². The summed E-state index contributed by atoms with van der Waals surface area (Å²) < 4.78 is 5.61. The molecule has 0 heterocycles. The zero-order valence-electron chi connectivity index (χ0n) is 18.8. The monoisotopic (exact) mass is 418 g/mol. The molecule has 0 aliphatic heterocycles. The minimum absolute atomic E-state index is 0.0179. The second kappa shape index (κ2) is 8.24. The van der Waals surface area contributed by atoms with E-state index >= 15 is 0 Å². The van der Waals surface area contributed by atoms with Crippen molar-refractivity contribution >= 4 is 19.8 Å². The van der Waals surface area contributed by atoms with E-state index < -0.39 is 8.07 Å². The van der Waals surface area contributed by atoms with Crippen molar-refractivity contribution in [1.29, 1.82) is 0 Å². The molecule has 0 N–H and O–H groups in total. The summed E-state index contributed by atoms with van der Waals surface area (Å²) in [6.45, 7) is 12.9. The maximum absolute atomic E-state index is 12.4. The van der Waals surface area contributed by atoms with E-state index in [4.69, 9.17) is 4.74 Å². The first-order valence-corrected chi connectivity index (χ1v) is 14.1. The quantitative estimate of drug-likeness (QED) is 0.361. The molecule has 1 aliphatic rings. The Kier molecular flexibility index (Phi) is 6.05. The minimum Gasteiger partial charge on any atom is -0.463 e. The third-order valence-corrected chi connectivity index (χ3v) is 8.56. The van der Waals surface area contributed by atoms with Crippen LogP contribution in [0.5, 0.6) is 0 Å². The number of ether oxygens (including phenoxy) is 1. The molecule has 3 rings (SSSR count). The van der Waals surface area contributed by atoms with Crippen molar-refractivity contribution in [2.45, 2.75) is 64.4 Å². The number of hydrogen-bond donors (Lipinski definition) is 0. The van der Waals surface area contributed by atoms with Crippen LogP contribution in [0.15, 0.2) is 42.5 Å². The number of Topliss-reactive ketones (excluding diaryl/α,β-unsaturated/α-hetero) is 1. The van der Waals surface area contributed by atoms with Crippen molar-refractivity contribution in [1.82, 2.24) is 0 Å². The van der Waals surface area contributed by atoms with E-state index in [1.54, 1.807) is 12.1 Å². The largest absolute Gasteiger partial charge is 0.463 e. The highest BCUT2D eigenvalue weighted by atomic mass is 28.3. The Morgan fingerprint density at radius 2 is 1.63 bits per heavy atom. The molecule has 1 aliphatic carbocycles. The van der Waals surface area contributed by atoms with E-state index in [-0.39, 0.29) is 22.9 Å². The van der Waals surface area contributed by atoms with Crippen molar-refractivity contribution in [3.63, 3.8) is 0 Å². The summed E-state index contributed by atoms with van der Waals surface area (Å²) in [5.74, 6) is 6.28. The predicted molar refractivity (Wildman–Crippen MR) is 124 cm³/mol. The van der Waals surface area contributed by atoms with Gasteiger partial charge >= 0.3 is 5.97 Å². The molecule has 0 fully saturated rings. The average Bonchev–Trinajstić information content (AvgIpc) is 2.69. The fraction of sp³-hybridized carbons (Fsp3) is 0.385. The van der Waals surface area contributed by atoms with Gasteiger partial charge in [-0.15, -0.1) is 0 Å². The van der Waals surface area contributed by atoms with Crippen LogP contribution in [-0.4, -0.2) is 25.6 Å². The Morgan fingerprint density at radius 1 is 1.03 bits per heavy atom. The van der Waals surface area contributed by atoms with Crippen LogP contribution in [0.25, 0.3) is 0 Å². The highest BCUT2D eigenvalue weighted by Gasteiger charge is 2.31. The molecular weight excluding hydrogens is 388 g/mol. The lowest BCUT2D eigenvalue weighted by Gasteiger charge is -2.31. The molecule has 0 amide bonds. The molecule has 1 atom stereocenters. The maximum atomic E-state index is 12.4. The van der Waals surface area contributed by atoms with Gasteiger partial charge in [0, 0.05) is 23.1 Å². The highest BCUT2D eigenvalue weighted by molar-refractivity contribution is 6.77. The first kappa shape index (κ1) is 22.1. The number of esters is 1. The number of benzene rings is 2. The van der Waals surface area contributed by atoms with Gasteiger partial charge in [0.1, 0.15) is 0 Å². The van der Waals surface area contributed by atoms with Gasteiger partial charge in [-0.1, -0.05) is 45.3 Å². The van der Waals surface area contributed by atoms with Gasteiger partial charge in [-0.3, -0.25) is 4.79 Å². The molecule has 2 aromatic rings. The summed E-state index contributed by atoms with van der Waals surface area (Å²) in [6, 6.07) is 13.1. The summed E-state index contributed by atoms with van der Waals surface area (Å²) in [5.41, 5.74) is 4.12. The van der Waals surface area contributed by atoms with E-state index in [9.17, 15) is 9.59 Å². The van der Waals surface area contributed by atoms with Gasteiger partial charge in [0.15, 0.2) is 5.78 Å². The lowest BCUT2D eigenvalue weighted by atomic mass is 9.72. The summed E-state index contributed by atoms with van der Waals surface area (Å²) in [4.78, 5) is 24.6. The molecule has 0 bridgehead atoms. The lowest BCUT2D eigenvalue weighted by Crippen LogP contribution is -2.39. The first-order chi connectivity index (χ1) is 14.0. The Hall–Kier alpha value is -2.64. The van der Waals surface area contributed by atoms with Crippen LogP contribution >= 0.6 is 0 Å². The molecule has 4 heteroatoms. The number of rotatable bonds is 3. The molecule has 156 valence electrons. The van der Waals surface area contributed by atoms with E-state index in [0.717, 1.165) is 28.7 Å². The van der Waals surface area contributed by atoms with Gasteiger partial charge in [-0.25, -0.2) is 4.79 Å². The fourth-order valence-electron chi connectivity index (χ4n) is 3.36. The summed E-state index contributed by atoms with van der Waals surface area (Å²) in [5, 5.41) is 0.